The average molecular weight is 283 g/mol. The Hall–Kier alpha value is -2.93. The molecule has 0 unspecified atom stereocenters. The lowest BCUT2D eigenvalue weighted by molar-refractivity contribution is 1.41. The number of rotatable bonds is 1. The summed E-state index contributed by atoms with van der Waals surface area (Å²) < 4.78 is 0. The lowest BCUT2D eigenvalue weighted by Crippen LogP contribution is -1.73. The summed E-state index contributed by atoms with van der Waals surface area (Å²) in [6.07, 6.45) is 1.81. The summed E-state index contributed by atoms with van der Waals surface area (Å²) in [6.45, 7) is 0. The van der Waals surface area contributed by atoms with Crippen molar-refractivity contribution >= 4 is 10.9 Å². The van der Waals surface area contributed by atoms with Crippen LogP contribution in [-0.2, 0) is 0 Å². The van der Waals surface area contributed by atoms with E-state index < -0.39 is 0 Å². The van der Waals surface area contributed by atoms with Crippen molar-refractivity contribution in [2.24, 2.45) is 0 Å². The summed E-state index contributed by atoms with van der Waals surface area (Å²) in [7, 11) is 0. The van der Waals surface area contributed by atoms with Crippen LogP contribution in [-0.4, -0.2) is 4.98 Å². The van der Waals surface area contributed by atoms with Crippen LogP contribution >= 0.6 is 0 Å². The normalized spacial score (nSPS) is 9.82. The zero-order valence-electron chi connectivity index (χ0n) is 12.3. The molecule has 1 aromatic heterocycles. The Kier molecular flexibility index (Phi) is 4.58. The zero-order valence-corrected chi connectivity index (χ0v) is 12.3. The van der Waals surface area contributed by atoms with Gasteiger partial charge in [-0.25, -0.2) is 0 Å². The highest BCUT2D eigenvalue weighted by atomic mass is 14.6. The van der Waals surface area contributed by atoms with E-state index in [-0.39, 0.29) is 0 Å². The maximum atomic E-state index is 4.18. The number of nitrogens with zero attached hydrogens (tertiary/aromatic N) is 1. The van der Waals surface area contributed by atoms with E-state index in [1.54, 1.807) is 0 Å². The quantitative estimate of drug-likeness (QED) is 0.444. The summed E-state index contributed by atoms with van der Waals surface area (Å²) >= 11 is 0. The van der Waals surface area contributed by atoms with Crippen molar-refractivity contribution in [3.8, 4) is 11.1 Å². The fraction of sp³-hybridized carbons (Fsp3) is 0. The van der Waals surface area contributed by atoms with Crippen molar-refractivity contribution in [1.82, 2.24) is 4.98 Å². The molecule has 0 radical (unpaired) electrons. The van der Waals surface area contributed by atoms with Crippen LogP contribution in [0.3, 0.4) is 0 Å². The van der Waals surface area contributed by atoms with Crippen LogP contribution in [0.15, 0.2) is 103 Å². The van der Waals surface area contributed by atoms with E-state index >= 15 is 0 Å². The van der Waals surface area contributed by atoms with Crippen LogP contribution in [0.2, 0.25) is 0 Å². The van der Waals surface area contributed by atoms with Crippen LogP contribution in [0.4, 0.5) is 0 Å². The molecule has 0 aliphatic heterocycles. The van der Waals surface area contributed by atoms with E-state index in [4.69, 9.17) is 0 Å². The third kappa shape index (κ3) is 3.58. The van der Waals surface area contributed by atoms with Crippen LogP contribution in [0.5, 0.6) is 0 Å². The van der Waals surface area contributed by atoms with E-state index in [1.165, 1.54) is 16.5 Å². The molecule has 106 valence electrons. The second kappa shape index (κ2) is 7.19. The predicted molar refractivity (Wildman–Crippen MR) is 93.6 cm³/mol. The molecule has 4 aromatic rings. The Morgan fingerprint density at radius 1 is 0.455 bits per heavy atom. The van der Waals surface area contributed by atoms with Gasteiger partial charge in [-0.05, 0) is 23.3 Å². The number of pyridine rings is 1. The number of para-hydroxylation sites is 1. The van der Waals surface area contributed by atoms with E-state index in [0.717, 1.165) is 5.52 Å². The van der Waals surface area contributed by atoms with Crippen molar-refractivity contribution in [2.75, 3.05) is 0 Å². The van der Waals surface area contributed by atoms with Crippen LogP contribution in [0.25, 0.3) is 22.0 Å². The summed E-state index contributed by atoms with van der Waals surface area (Å²) in [4.78, 5) is 4.18. The van der Waals surface area contributed by atoms with Gasteiger partial charge in [0, 0.05) is 11.6 Å². The highest BCUT2D eigenvalue weighted by Gasteiger charge is 1.91. The molecule has 1 heteroatoms. The molecule has 0 amide bonds. The number of aromatic nitrogens is 1. The van der Waals surface area contributed by atoms with Gasteiger partial charge >= 0.3 is 0 Å². The Labute approximate surface area is 130 Å². The van der Waals surface area contributed by atoms with Crippen molar-refractivity contribution < 1.29 is 0 Å². The van der Waals surface area contributed by atoms with Crippen molar-refractivity contribution in [3.05, 3.63) is 103 Å². The van der Waals surface area contributed by atoms with Gasteiger partial charge in [0.2, 0.25) is 0 Å². The minimum atomic E-state index is 1.06. The highest BCUT2D eigenvalue weighted by Crippen LogP contribution is 2.17. The second-order valence-electron chi connectivity index (χ2n) is 4.93. The van der Waals surface area contributed by atoms with E-state index in [9.17, 15) is 0 Å². The van der Waals surface area contributed by atoms with Gasteiger partial charge in [0.25, 0.3) is 0 Å². The lowest BCUT2D eigenvalue weighted by Gasteiger charge is -1.98. The number of hydrogen-bond donors (Lipinski definition) is 0. The first-order valence-electron chi connectivity index (χ1n) is 7.34. The monoisotopic (exact) mass is 283 g/mol. The molecule has 0 N–H and O–H groups in total. The van der Waals surface area contributed by atoms with Crippen molar-refractivity contribution in [3.63, 3.8) is 0 Å². The Morgan fingerprint density at radius 3 is 1.55 bits per heavy atom. The van der Waals surface area contributed by atoms with Crippen molar-refractivity contribution in [1.29, 1.82) is 0 Å². The van der Waals surface area contributed by atoms with E-state index in [1.807, 2.05) is 42.6 Å². The first-order valence-corrected chi connectivity index (χ1v) is 7.34. The predicted octanol–water partition coefficient (Wildman–Crippen LogP) is 5.59. The fourth-order valence-corrected chi connectivity index (χ4v) is 2.28. The molecule has 0 atom stereocenters. The molecule has 1 heterocycles. The van der Waals surface area contributed by atoms with Gasteiger partial charge in [-0.1, -0.05) is 84.9 Å². The molecule has 0 spiro atoms. The molecule has 0 saturated heterocycles. The molecule has 0 aliphatic rings. The smallest absolute Gasteiger partial charge is 0.0701 e. The molecule has 3 aromatic carbocycles. The number of fused-ring (bicyclic) bond motifs is 1. The molecule has 1 nitrogen and oxygen atoms in total. The molecule has 0 aliphatic carbocycles. The van der Waals surface area contributed by atoms with Gasteiger partial charge in [-0.3, -0.25) is 4.98 Å². The largest absolute Gasteiger partial charge is 0.256 e. The Bertz CT molecular complexity index is 720. The molecule has 22 heavy (non-hydrogen) atoms. The summed E-state index contributed by atoms with van der Waals surface area (Å²) in [6, 6.07) is 32.9. The van der Waals surface area contributed by atoms with Gasteiger partial charge in [-0.2, -0.15) is 0 Å². The van der Waals surface area contributed by atoms with Crippen molar-refractivity contribution in [2.45, 2.75) is 0 Å². The van der Waals surface area contributed by atoms with Gasteiger partial charge < -0.3 is 0 Å². The molecule has 0 bridgehead atoms. The summed E-state index contributed by atoms with van der Waals surface area (Å²) in [5.74, 6) is 0. The lowest BCUT2D eigenvalue weighted by atomic mass is 10.1. The van der Waals surface area contributed by atoms with Crippen LogP contribution in [0.1, 0.15) is 0 Å². The average Bonchev–Trinajstić information content (AvgIpc) is 2.64. The van der Waals surface area contributed by atoms with Crippen LogP contribution in [0, 0.1) is 0 Å². The van der Waals surface area contributed by atoms with E-state index in [2.05, 4.69) is 65.6 Å². The Morgan fingerprint density at radius 2 is 0.955 bits per heavy atom. The van der Waals surface area contributed by atoms with Gasteiger partial charge in [0.1, 0.15) is 0 Å². The fourth-order valence-electron chi connectivity index (χ4n) is 2.28. The molecule has 0 fully saturated rings. The highest BCUT2D eigenvalue weighted by molar-refractivity contribution is 5.77. The van der Waals surface area contributed by atoms with Gasteiger partial charge in [0.15, 0.2) is 0 Å². The molecular formula is C21H17N. The summed E-state index contributed by atoms with van der Waals surface area (Å²) in [5.41, 5.74) is 3.61. The third-order valence-electron chi connectivity index (χ3n) is 3.39. The first kappa shape index (κ1) is 14.0. The molecule has 0 saturated carbocycles. The number of benzene rings is 3. The van der Waals surface area contributed by atoms with Gasteiger partial charge in [-0.15, -0.1) is 0 Å². The zero-order chi connectivity index (χ0) is 15.0. The Balaban J connectivity index is 0.000000133. The first-order chi connectivity index (χ1) is 10.9. The molecular weight excluding hydrogens is 266 g/mol. The van der Waals surface area contributed by atoms with Gasteiger partial charge in [0.05, 0.1) is 5.52 Å². The van der Waals surface area contributed by atoms with Crippen LogP contribution < -0.4 is 0 Å². The number of hydrogen-bond acceptors (Lipinski definition) is 1. The van der Waals surface area contributed by atoms with E-state index in [0.29, 0.717) is 0 Å². The standard InChI is InChI=1S/C12H10.C9H7N/c1-3-7-11(8-4-1)12-9-5-2-6-10-12;1-2-6-9-8(4-1)5-3-7-10-9/h1-10H;1-7H. The minimum absolute atomic E-state index is 1.06. The topological polar surface area (TPSA) is 12.9 Å². The summed E-state index contributed by atoms with van der Waals surface area (Å²) in [5, 5.41) is 1.20. The maximum absolute atomic E-state index is 4.18. The maximum Gasteiger partial charge on any atom is 0.0701 e. The second-order valence-corrected chi connectivity index (χ2v) is 4.93. The third-order valence-corrected chi connectivity index (χ3v) is 3.39. The molecule has 4 rings (SSSR count). The SMILES string of the molecule is c1ccc(-c2ccccc2)cc1.c1ccc2ncccc2c1. The minimum Gasteiger partial charge on any atom is -0.256 e.